The quantitative estimate of drug-likeness (QED) is 0.927. The molecule has 1 aliphatic heterocycles. The number of anilines is 2. The molecule has 0 saturated carbocycles. The Balaban J connectivity index is 1.73. The summed E-state index contributed by atoms with van der Waals surface area (Å²) in [7, 11) is 0. The molecule has 1 atom stereocenters. The Bertz CT molecular complexity index is 657. The van der Waals surface area contributed by atoms with E-state index in [1.807, 2.05) is 42.2 Å². The van der Waals surface area contributed by atoms with Crippen LogP contribution < -0.4 is 10.2 Å². The topological polar surface area (TPSA) is 45.2 Å². The molecule has 108 valence electrons. The maximum absolute atomic E-state index is 12.5. The van der Waals surface area contributed by atoms with E-state index in [2.05, 4.69) is 26.2 Å². The van der Waals surface area contributed by atoms with E-state index in [1.54, 1.807) is 12.4 Å². The predicted molar refractivity (Wildman–Crippen MR) is 87.5 cm³/mol. The third-order valence-corrected chi connectivity index (χ3v) is 4.03. The molecule has 1 aromatic heterocycles. The monoisotopic (exact) mass is 345 g/mol. The van der Waals surface area contributed by atoms with Gasteiger partial charge in [-0.15, -0.1) is 0 Å². The van der Waals surface area contributed by atoms with Gasteiger partial charge in [0.2, 0.25) is 5.91 Å². The molecule has 1 fully saturated rings. The van der Waals surface area contributed by atoms with E-state index in [0.717, 1.165) is 28.8 Å². The summed E-state index contributed by atoms with van der Waals surface area (Å²) in [6.07, 6.45) is 4.24. The fourth-order valence-electron chi connectivity index (χ4n) is 2.49. The second-order valence-electron chi connectivity index (χ2n) is 5.20. The summed E-state index contributed by atoms with van der Waals surface area (Å²) in [5.74, 6) is 0.110. The fraction of sp³-hybridized carbons (Fsp3) is 0.250. The van der Waals surface area contributed by atoms with Gasteiger partial charge in [-0.2, -0.15) is 0 Å². The minimum absolute atomic E-state index is 0.110. The molecule has 1 saturated heterocycles. The number of hydrogen-bond acceptors (Lipinski definition) is 3. The van der Waals surface area contributed by atoms with Crippen molar-refractivity contribution in [2.24, 2.45) is 0 Å². The molecule has 21 heavy (non-hydrogen) atoms. The zero-order valence-electron chi connectivity index (χ0n) is 11.7. The molecule has 0 radical (unpaired) electrons. The highest BCUT2D eigenvalue weighted by atomic mass is 79.9. The molecule has 1 aromatic carbocycles. The molecule has 0 aliphatic carbocycles. The zero-order valence-corrected chi connectivity index (χ0v) is 13.3. The lowest BCUT2D eigenvalue weighted by Crippen LogP contribution is -2.33. The summed E-state index contributed by atoms with van der Waals surface area (Å²) in [6.45, 7) is 2.78. The smallest absolute Gasteiger partial charge is 0.249 e. The summed E-state index contributed by atoms with van der Waals surface area (Å²) in [4.78, 5) is 18.5. The second kappa shape index (κ2) is 5.85. The van der Waals surface area contributed by atoms with Crippen LogP contribution in [0.4, 0.5) is 11.4 Å². The Kier molecular flexibility index (Phi) is 3.92. The van der Waals surface area contributed by atoms with Gasteiger partial charge in [-0.05, 0) is 47.5 Å². The molecule has 5 heteroatoms. The van der Waals surface area contributed by atoms with Crippen LogP contribution in [0.2, 0.25) is 0 Å². The van der Waals surface area contributed by atoms with Crippen LogP contribution >= 0.6 is 15.9 Å². The van der Waals surface area contributed by atoms with Crippen molar-refractivity contribution >= 4 is 33.2 Å². The van der Waals surface area contributed by atoms with Crippen molar-refractivity contribution in [3.05, 3.63) is 52.8 Å². The number of nitrogens with zero attached hydrogens (tertiary/aromatic N) is 2. The largest absolute Gasteiger partial charge is 0.372 e. The van der Waals surface area contributed by atoms with Crippen LogP contribution in [0, 0.1) is 6.92 Å². The number of pyridine rings is 1. The SMILES string of the molecule is Cc1ccc(N2CCC(Nc3cncc(Br)c3)C2=O)cc1. The number of rotatable bonds is 3. The minimum Gasteiger partial charge on any atom is -0.372 e. The van der Waals surface area contributed by atoms with Gasteiger partial charge in [-0.1, -0.05) is 17.7 Å². The number of carbonyl (C=O) groups is 1. The highest BCUT2D eigenvalue weighted by Gasteiger charge is 2.32. The Labute approximate surface area is 132 Å². The Hall–Kier alpha value is -1.88. The first-order valence-corrected chi connectivity index (χ1v) is 7.68. The van der Waals surface area contributed by atoms with E-state index in [0.29, 0.717) is 0 Å². The number of aryl methyl sites for hydroxylation is 1. The van der Waals surface area contributed by atoms with E-state index in [9.17, 15) is 4.79 Å². The minimum atomic E-state index is -0.192. The molecule has 0 spiro atoms. The van der Waals surface area contributed by atoms with Gasteiger partial charge in [0.25, 0.3) is 0 Å². The molecular weight excluding hydrogens is 330 g/mol. The highest BCUT2D eigenvalue weighted by molar-refractivity contribution is 9.10. The van der Waals surface area contributed by atoms with Crippen LogP contribution in [-0.4, -0.2) is 23.5 Å². The van der Waals surface area contributed by atoms with Crippen molar-refractivity contribution in [1.82, 2.24) is 4.98 Å². The molecule has 4 nitrogen and oxygen atoms in total. The van der Waals surface area contributed by atoms with Crippen LogP contribution in [0.1, 0.15) is 12.0 Å². The van der Waals surface area contributed by atoms with Crippen molar-refractivity contribution in [3.63, 3.8) is 0 Å². The second-order valence-corrected chi connectivity index (χ2v) is 6.12. The van der Waals surface area contributed by atoms with Crippen molar-refractivity contribution in [2.45, 2.75) is 19.4 Å². The number of hydrogen-bond donors (Lipinski definition) is 1. The first-order valence-electron chi connectivity index (χ1n) is 6.88. The van der Waals surface area contributed by atoms with E-state index in [-0.39, 0.29) is 11.9 Å². The summed E-state index contributed by atoms with van der Waals surface area (Å²) in [6, 6.07) is 9.78. The van der Waals surface area contributed by atoms with Crippen molar-refractivity contribution in [1.29, 1.82) is 0 Å². The van der Waals surface area contributed by atoms with Crippen molar-refractivity contribution in [2.75, 3.05) is 16.8 Å². The van der Waals surface area contributed by atoms with Gasteiger partial charge >= 0.3 is 0 Å². The lowest BCUT2D eigenvalue weighted by atomic mass is 10.2. The van der Waals surface area contributed by atoms with Gasteiger partial charge in [-0.25, -0.2) is 0 Å². The average Bonchev–Trinajstić information content (AvgIpc) is 2.81. The molecule has 1 aliphatic rings. The zero-order chi connectivity index (χ0) is 14.8. The summed E-state index contributed by atoms with van der Waals surface area (Å²) >= 11 is 3.38. The molecule has 1 unspecified atom stereocenters. The molecule has 2 aromatic rings. The molecular formula is C16H16BrN3O. The van der Waals surface area contributed by atoms with Crippen molar-refractivity contribution in [3.8, 4) is 0 Å². The summed E-state index contributed by atoms with van der Waals surface area (Å²) in [5, 5.41) is 3.26. The molecule has 0 bridgehead atoms. The van der Waals surface area contributed by atoms with Gasteiger partial charge in [0.05, 0.1) is 11.9 Å². The normalized spacial score (nSPS) is 18.1. The predicted octanol–water partition coefficient (Wildman–Crippen LogP) is 3.37. The fourth-order valence-corrected chi connectivity index (χ4v) is 2.85. The number of benzene rings is 1. The summed E-state index contributed by atoms with van der Waals surface area (Å²) < 4.78 is 0.897. The number of halogens is 1. The number of aromatic nitrogens is 1. The molecule has 1 amide bonds. The Morgan fingerprint density at radius 3 is 2.76 bits per heavy atom. The first kappa shape index (κ1) is 14.1. The van der Waals surface area contributed by atoms with Crippen LogP contribution in [0.3, 0.4) is 0 Å². The van der Waals surface area contributed by atoms with E-state index in [1.165, 1.54) is 5.56 Å². The lowest BCUT2D eigenvalue weighted by molar-refractivity contribution is -0.117. The maximum Gasteiger partial charge on any atom is 0.249 e. The van der Waals surface area contributed by atoms with Gasteiger partial charge in [0, 0.05) is 22.9 Å². The average molecular weight is 346 g/mol. The van der Waals surface area contributed by atoms with Crippen LogP contribution in [0.15, 0.2) is 47.2 Å². The van der Waals surface area contributed by atoms with Crippen LogP contribution in [0.25, 0.3) is 0 Å². The van der Waals surface area contributed by atoms with Gasteiger partial charge in [0.1, 0.15) is 6.04 Å². The summed E-state index contributed by atoms with van der Waals surface area (Å²) in [5.41, 5.74) is 3.01. The van der Waals surface area contributed by atoms with Crippen LogP contribution in [0.5, 0.6) is 0 Å². The van der Waals surface area contributed by atoms with Gasteiger partial charge in [0.15, 0.2) is 0 Å². The lowest BCUT2D eigenvalue weighted by Gasteiger charge is -2.18. The third-order valence-electron chi connectivity index (χ3n) is 3.60. The van der Waals surface area contributed by atoms with Crippen molar-refractivity contribution < 1.29 is 4.79 Å². The van der Waals surface area contributed by atoms with E-state index < -0.39 is 0 Å². The molecule has 3 rings (SSSR count). The van der Waals surface area contributed by atoms with Gasteiger partial charge < -0.3 is 10.2 Å². The highest BCUT2D eigenvalue weighted by Crippen LogP contribution is 2.24. The molecule has 2 heterocycles. The standard InChI is InChI=1S/C16H16BrN3O/c1-11-2-4-14(5-3-11)20-7-6-15(16(20)21)19-13-8-12(17)9-18-10-13/h2-5,8-10,15,19H,6-7H2,1H3. The Morgan fingerprint density at radius 1 is 1.29 bits per heavy atom. The van der Waals surface area contributed by atoms with E-state index in [4.69, 9.17) is 0 Å². The third kappa shape index (κ3) is 3.08. The van der Waals surface area contributed by atoms with Crippen LogP contribution in [-0.2, 0) is 4.79 Å². The maximum atomic E-state index is 12.5. The van der Waals surface area contributed by atoms with E-state index >= 15 is 0 Å². The number of carbonyl (C=O) groups excluding carboxylic acids is 1. The first-order chi connectivity index (χ1) is 10.1. The number of nitrogens with one attached hydrogen (secondary N) is 1. The van der Waals surface area contributed by atoms with Gasteiger partial charge in [-0.3, -0.25) is 9.78 Å². The molecule has 1 N–H and O–H groups in total. The number of amides is 1. The Morgan fingerprint density at radius 2 is 2.05 bits per heavy atom.